The normalized spacial score (nSPS) is 31.3. The van der Waals surface area contributed by atoms with Crippen LogP contribution in [0.2, 0.25) is 0 Å². The molecule has 0 spiro atoms. The highest BCUT2D eigenvalue weighted by molar-refractivity contribution is 5.72. The maximum Gasteiger partial charge on any atom is 0.407 e. The van der Waals surface area contributed by atoms with Crippen molar-refractivity contribution in [3.8, 4) is 0 Å². The zero-order valence-corrected chi connectivity index (χ0v) is 11.0. The molecule has 2 fully saturated rings. The fraction of sp³-hybridized carbons (Fsp3) is 0.833. The fourth-order valence-corrected chi connectivity index (χ4v) is 2.65. The summed E-state index contributed by atoms with van der Waals surface area (Å²) in [6.07, 6.45) is 1.16. The van der Waals surface area contributed by atoms with Crippen molar-refractivity contribution in [3.63, 3.8) is 0 Å². The van der Waals surface area contributed by atoms with Crippen LogP contribution in [-0.2, 0) is 14.3 Å². The van der Waals surface area contributed by atoms with Crippen LogP contribution < -0.4 is 5.32 Å². The van der Waals surface area contributed by atoms with Gasteiger partial charge in [-0.25, -0.2) is 9.59 Å². The molecule has 2 aliphatic heterocycles. The molecule has 2 aliphatic rings. The average molecular weight is 272 g/mol. The van der Waals surface area contributed by atoms with Gasteiger partial charge >= 0.3 is 12.1 Å². The first-order valence-corrected chi connectivity index (χ1v) is 6.53. The van der Waals surface area contributed by atoms with Crippen LogP contribution in [0.5, 0.6) is 0 Å². The highest BCUT2D eigenvalue weighted by atomic mass is 16.5. The van der Waals surface area contributed by atoms with Crippen LogP contribution in [0.15, 0.2) is 0 Å². The van der Waals surface area contributed by atoms with Crippen molar-refractivity contribution in [1.82, 2.24) is 10.2 Å². The molecule has 7 nitrogen and oxygen atoms in total. The van der Waals surface area contributed by atoms with Crippen LogP contribution in [0, 0.1) is 0 Å². The van der Waals surface area contributed by atoms with Crippen molar-refractivity contribution in [2.45, 2.75) is 37.5 Å². The third-order valence-corrected chi connectivity index (χ3v) is 3.62. The molecule has 0 aromatic carbocycles. The average Bonchev–Trinajstić information content (AvgIpc) is 2.99. The Kier molecular flexibility index (Phi) is 4.60. The number of likely N-dealkylation sites (tertiary alicyclic amines) is 1. The van der Waals surface area contributed by atoms with E-state index in [0.717, 1.165) is 32.5 Å². The van der Waals surface area contributed by atoms with Gasteiger partial charge in [-0.15, -0.1) is 0 Å². The SMILES string of the molecule is COC(=O)NC1CCN(CC2CCC(C(=O)O)O2)C1. The van der Waals surface area contributed by atoms with Crippen molar-refractivity contribution in [2.24, 2.45) is 0 Å². The summed E-state index contributed by atoms with van der Waals surface area (Å²) in [6, 6.07) is 0.101. The molecule has 3 unspecified atom stereocenters. The second kappa shape index (κ2) is 6.21. The first-order valence-electron chi connectivity index (χ1n) is 6.53. The summed E-state index contributed by atoms with van der Waals surface area (Å²) in [7, 11) is 1.35. The van der Waals surface area contributed by atoms with E-state index in [-0.39, 0.29) is 12.1 Å². The third kappa shape index (κ3) is 3.81. The molecule has 19 heavy (non-hydrogen) atoms. The molecule has 2 rings (SSSR count). The number of carbonyl (C=O) groups is 2. The number of amides is 1. The highest BCUT2D eigenvalue weighted by Crippen LogP contribution is 2.22. The Bertz CT molecular complexity index is 349. The molecule has 0 aliphatic carbocycles. The third-order valence-electron chi connectivity index (χ3n) is 3.62. The number of aliphatic carboxylic acids is 1. The predicted molar refractivity (Wildman–Crippen MR) is 65.9 cm³/mol. The summed E-state index contributed by atoms with van der Waals surface area (Å²) in [6.45, 7) is 2.36. The molecule has 7 heteroatoms. The summed E-state index contributed by atoms with van der Waals surface area (Å²) in [5.41, 5.74) is 0. The topological polar surface area (TPSA) is 88.1 Å². The molecule has 0 saturated carbocycles. The monoisotopic (exact) mass is 272 g/mol. The van der Waals surface area contributed by atoms with Crippen LogP contribution in [0.1, 0.15) is 19.3 Å². The molecule has 0 radical (unpaired) electrons. The molecular weight excluding hydrogens is 252 g/mol. The van der Waals surface area contributed by atoms with Crippen LogP contribution in [0.3, 0.4) is 0 Å². The van der Waals surface area contributed by atoms with Crippen molar-refractivity contribution >= 4 is 12.1 Å². The molecular formula is C12H20N2O5. The van der Waals surface area contributed by atoms with Gasteiger partial charge in [-0.05, 0) is 19.3 Å². The van der Waals surface area contributed by atoms with Gasteiger partial charge in [0.25, 0.3) is 0 Å². The maximum absolute atomic E-state index is 11.1. The molecule has 2 N–H and O–H groups in total. The number of carboxylic acid groups (broad SMARTS) is 1. The van der Waals surface area contributed by atoms with E-state index in [1.165, 1.54) is 7.11 Å². The molecule has 0 aromatic rings. The number of rotatable bonds is 4. The maximum atomic E-state index is 11.1. The van der Waals surface area contributed by atoms with Crippen LogP contribution in [0.25, 0.3) is 0 Å². The van der Waals surface area contributed by atoms with Gasteiger partial charge in [0.05, 0.1) is 13.2 Å². The minimum Gasteiger partial charge on any atom is -0.479 e. The Labute approximate surface area is 111 Å². The second-order valence-corrected chi connectivity index (χ2v) is 5.04. The van der Waals surface area contributed by atoms with Crippen molar-refractivity contribution in [2.75, 3.05) is 26.7 Å². The van der Waals surface area contributed by atoms with E-state index >= 15 is 0 Å². The van der Waals surface area contributed by atoms with Crippen molar-refractivity contribution in [3.05, 3.63) is 0 Å². The van der Waals surface area contributed by atoms with Crippen LogP contribution in [0.4, 0.5) is 4.79 Å². The van der Waals surface area contributed by atoms with Gasteiger partial charge in [0.1, 0.15) is 0 Å². The predicted octanol–water partition coefficient (Wildman–Crippen LogP) is 0.0489. The second-order valence-electron chi connectivity index (χ2n) is 5.04. The Hall–Kier alpha value is -1.34. The molecule has 3 atom stereocenters. The summed E-state index contributed by atoms with van der Waals surface area (Å²) in [5.74, 6) is -0.880. The lowest BCUT2D eigenvalue weighted by Crippen LogP contribution is -2.38. The molecule has 0 bridgehead atoms. The standard InChI is InChI=1S/C12H20N2O5/c1-18-12(17)13-8-4-5-14(6-8)7-9-2-3-10(19-9)11(15)16/h8-10H,2-7H2,1H3,(H,13,17)(H,15,16). The Morgan fingerprint density at radius 1 is 1.42 bits per heavy atom. The van der Waals surface area contributed by atoms with Gasteiger partial charge in [0, 0.05) is 25.7 Å². The number of hydrogen-bond donors (Lipinski definition) is 2. The number of nitrogens with one attached hydrogen (secondary N) is 1. The summed E-state index contributed by atoms with van der Waals surface area (Å²) in [4.78, 5) is 24.1. The molecule has 2 heterocycles. The zero-order chi connectivity index (χ0) is 13.8. The quantitative estimate of drug-likeness (QED) is 0.752. The van der Waals surface area contributed by atoms with Crippen molar-refractivity contribution in [1.29, 1.82) is 0 Å². The van der Waals surface area contributed by atoms with Gasteiger partial charge in [-0.2, -0.15) is 0 Å². The van der Waals surface area contributed by atoms with Gasteiger partial charge in [-0.3, -0.25) is 4.90 Å². The Balaban J connectivity index is 1.71. The lowest BCUT2D eigenvalue weighted by Gasteiger charge is -2.20. The molecule has 108 valence electrons. The number of methoxy groups -OCH3 is 1. The number of ether oxygens (including phenoxy) is 2. The smallest absolute Gasteiger partial charge is 0.407 e. The zero-order valence-electron chi connectivity index (χ0n) is 11.0. The molecule has 2 saturated heterocycles. The summed E-state index contributed by atoms with van der Waals surface area (Å²) >= 11 is 0. The number of hydrogen-bond acceptors (Lipinski definition) is 5. The first kappa shape index (κ1) is 14.1. The summed E-state index contributed by atoms with van der Waals surface area (Å²) < 4.78 is 10.0. The van der Waals surface area contributed by atoms with Gasteiger partial charge in [-0.1, -0.05) is 0 Å². The summed E-state index contributed by atoms with van der Waals surface area (Å²) in [5, 5.41) is 11.6. The minimum absolute atomic E-state index is 0.0158. The fourth-order valence-electron chi connectivity index (χ4n) is 2.65. The lowest BCUT2D eigenvalue weighted by atomic mass is 10.2. The van der Waals surface area contributed by atoms with Crippen LogP contribution >= 0.6 is 0 Å². The first-order chi connectivity index (χ1) is 9.08. The Morgan fingerprint density at radius 2 is 2.21 bits per heavy atom. The minimum atomic E-state index is -0.880. The van der Waals surface area contributed by atoms with E-state index in [1.54, 1.807) is 0 Å². The largest absolute Gasteiger partial charge is 0.479 e. The van der Waals surface area contributed by atoms with Gasteiger partial charge < -0.3 is 19.9 Å². The molecule has 1 amide bonds. The van der Waals surface area contributed by atoms with Gasteiger partial charge in [0.15, 0.2) is 6.10 Å². The highest BCUT2D eigenvalue weighted by Gasteiger charge is 2.33. The van der Waals surface area contributed by atoms with Gasteiger partial charge in [0.2, 0.25) is 0 Å². The van der Waals surface area contributed by atoms with E-state index < -0.39 is 18.2 Å². The number of nitrogens with zero attached hydrogens (tertiary/aromatic N) is 1. The van der Waals surface area contributed by atoms with E-state index in [4.69, 9.17) is 9.84 Å². The molecule has 0 aromatic heterocycles. The number of carboxylic acids is 1. The van der Waals surface area contributed by atoms with E-state index in [0.29, 0.717) is 6.42 Å². The van der Waals surface area contributed by atoms with Crippen LogP contribution in [-0.4, -0.2) is 67.1 Å². The Morgan fingerprint density at radius 3 is 2.84 bits per heavy atom. The van der Waals surface area contributed by atoms with E-state index in [1.807, 2.05) is 0 Å². The lowest BCUT2D eigenvalue weighted by molar-refractivity contribution is -0.149. The number of carbonyl (C=O) groups excluding carboxylic acids is 1. The van der Waals surface area contributed by atoms with Crippen molar-refractivity contribution < 1.29 is 24.2 Å². The van der Waals surface area contributed by atoms with E-state index in [2.05, 4.69) is 15.0 Å². The van der Waals surface area contributed by atoms with E-state index in [9.17, 15) is 9.59 Å². The number of alkyl carbamates (subject to hydrolysis) is 1.